The third-order valence-electron chi connectivity index (χ3n) is 4.76. The van der Waals surface area contributed by atoms with Crippen LogP contribution < -0.4 is 10.1 Å². The molecular weight excluding hydrogens is 470 g/mol. The molecule has 1 heterocycles. The summed E-state index contributed by atoms with van der Waals surface area (Å²) in [6.07, 6.45) is -0.967. The molecule has 0 unspecified atom stereocenters. The fourth-order valence-electron chi connectivity index (χ4n) is 3.21. The minimum Gasteiger partial charge on any atom is -0.508 e. The Balaban J connectivity index is 1.80. The van der Waals surface area contributed by atoms with Gasteiger partial charge in [0.05, 0.1) is 10.5 Å². The number of nitrogens with zero attached hydrogens (tertiary/aromatic N) is 1. The first kappa shape index (κ1) is 20.4. The molecule has 9 heteroatoms. The van der Waals surface area contributed by atoms with Gasteiger partial charge in [0.2, 0.25) is 0 Å². The average Bonchev–Trinajstić information content (AvgIpc) is 2.72. The SMILES string of the molecule is Cc1ccc(S(=O)(=O)NN2C(=O)c3ccccc3N[C@H]2c2cc(Br)ccc2O)cc1. The molecule has 1 aliphatic heterocycles. The highest BCUT2D eigenvalue weighted by Gasteiger charge is 2.37. The number of fused-ring (bicyclic) bond motifs is 1. The number of halogens is 1. The number of hydrogen-bond donors (Lipinski definition) is 3. The number of para-hydroxylation sites is 1. The molecule has 0 saturated heterocycles. The maximum Gasteiger partial charge on any atom is 0.273 e. The van der Waals surface area contributed by atoms with Crippen LogP contribution in [0.5, 0.6) is 5.75 Å². The second kappa shape index (κ2) is 7.75. The molecule has 154 valence electrons. The molecule has 0 bridgehead atoms. The van der Waals surface area contributed by atoms with E-state index >= 15 is 0 Å². The molecule has 0 radical (unpaired) electrons. The quantitative estimate of drug-likeness (QED) is 0.517. The molecule has 3 aromatic rings. The van der Waals surface area contributed by atoms with E-state index in [1.807, 2.05) is 6.92 Å². The second-order valence-corrected chi connectivity index (χ2v) is 9.46. The molecule has 0 aliphatic carbocycles. The third kappa shape index (κ3) is 3.79. The lowest BCUT2D eigenvalue weighted by Crippen LogP contribution is -2.52. The molecule has 4 rings (SSSR count). The van der Waals surface area contributed by atoms with Gasteiger partial charge >= 0.3 is 0 Å². The van der Waals surface area contributed by atoms with E-state index in [2.05, 4.69) is 26.1 Å². The van der Waals surface area contributed by atoms with Crippen molar-refractivity contribution in [2.45, 2.75) is 18.0 Å². The first-order valence-corrected chi connectivity index (χ1v) is 11.3. The first-order chi connectivity index (χ1) is 14.3. The highest BCUT2D eigenvalue weighted by Crippen LogP contribution is 2.37. The van der Waals surface area contributed by atoms with Crippen LogP contribution in [0.25, 0.3) is 0 Å². The zero-order valence-corrected chi connectivity index (χ0v) is 18.2. The maximum absolute atomic E-state index is 13.2. The fourth-order valence-corrected chi connectivity index (χ4v) is 4.64. The highest BCUT2D eigenvalue weighted by atomic mass is 79.9. The van der Waals surface area contributed by atoms with Gasteiger partial charge < -0.3 is 10.4 Å². The lowest BCUT2D eigenvalue weighted by atomic mass is 10.0. The van der Waals surface area contributed by atoms with Crippen molar-refractivity contribution < 1.29 is 18.3 Å². The van der Waals surface area contributed by atoms with E-state index in [4.69, 9.17) is 0 Å². The van der Waals surface area contributed by atoms with Crippen LogP contribution in [0.4, 0.5) is 5.69 Å². The van der Waals surface area contributed by atoms with Gasteiger partial charge in [0, 0.05) is 15.7 Å². The van der Waals surface area contributed by atoms with Crippen molar-refractivity contribution in [2.24, 2.45) is 0 Å². The van der Waals surface area contributed by atoms with Gasteiger partial charge in [0.25, 0.3) is 15.9 Å². The Bertz CT molecular complexity index is 1230. The Morgan fingerprint density at radius 2 is 1.77 bits per heavy atom. The second-order valence-electron chi connectivity index (χ2n) is 6.88. The number of nitrogens with one attached hydrogen (secondary N) is 2. The Morgan fingerprint density at radius 1 is 1.07 bits per heavy atom. The van der Waals surface area contributed by atoms with Crippen molar-refractivity contribution in [3.05, 3.63) is 87.9 Å². The molecule has 0 spiro atoms. The molecule has 1 atom stereocenters. The minimum absolute atomic E-state index is 0.0250. The molecule has 1 amide bonds. The third-order valence-corrected chi connectivity index (χ3v) is 6.58. The number of amides is 1. The smallest absolute Gasteiger partial charge is 0.273 e. The normalized spacial score (nSPS) is 16.1. The van der Waals surface area contributed by atoms with Crippen molar-refractivity contribution in [3.8, 4) is 5.75 Å². The van der Waals surface area contributed by atoms with E-state index in [1.54, 1.807) is 48.5 Å². The number of carbonyl (C=O) groups excluding carboxylic acids is 1. The minimum atomic E-state index is -4.05. The molecule has 0 fully saturated rings. The number of aryl methyl sites for hydroxylation is 1. The number of carbonyl (C=O) groups is 1. The van der Waals surface area contributed by atoms with E-state index in [0.29, 0.717) is 21.3 Å². The van der Waals surface area contributed by atoms with E-state index < -0.39 is 22.1 Å². The Kier molecular flexibility index (Phi) is 5.27. The van der Waals surface area contributed by atoms with Crippen molar-refractivity contribution >= 4 is 37.5 Å². The van der Waals surface area contributed by atoms with Crippen molar-refractivity contribution in [2.75, 3.05) is 5.32 Å². The van der Waals surface area contributed by atoms with Crippen molar-refractivity contribution in [1.82, 2.24) is 9.84 Å². The van der Waals surface area contributed by atoms with Crippen molar-refractivity contribution in [3.63, 3.8) is 0 Å². The Morgan fingerprint density at radius 3 is 2.50 bits per heavy atom. The van der Waals surface area contributed by atoms with Crippen LogP contribution in [0.1, 0.15) is 27.7 Å². The van der Waals surface area contributed by atoms with E-state index in [-0.39, 0.29) is 10.6 Å². The number of rotatable bonds is 4. The Hall–Kier alpha value is -2.88. The van der Waals surface area contributed by atoms with Crippen LogP contribution >= 0.6 is 15.9 Å². The van der Waals surface area contributed by atoms with Gasteiger partial charge in [-0.1, -0.05) is 45.8 Å². The van der Waals surface area contributed by atoms with Gasteiger partial charge in [0.15, 0.2) is 0 Å². The summed E-state index contributed by atoms with van der Waals surface area (Å²) in [5, 5.41) is 14.5. The van der Waals surface area contributed by atoms with Gasteiger partial charge in [0.1, 0.15) is 11.9 Å². The lowest BCUT2D eigenvalue weighted by molar-refractivity contribution is 0.0630. The topological polar surface area (TPSA) is 98.7 Å². The summed E-state index contributed by atoms with van der Waals surface area (Å²) >= 11 is 3.35. The summed E-state index contributed by atoms with van der Waals surface area (Å²) in [4.78, 5) is 15.6. The van der Waals surface area contributed by atoms with E-state index in [9.17, 15) is 18.3 Å². The molecule has 7 nitrogen and oxygen atoms in total. The molecule has 3 N–H and O–H groups in total. The first-order valence-electron chi connectivity index (χ1n) is 9.03. The number of phenolic OH excluding ortho intramolecular Hbond substituents is 1. The van der Waals surface area contributed by atoms with Gasteiger partial charge in [-0.25, -0.2) is 13.4 Å². The van der Waals surface area contributed by atoms with Crippen LogP contribution in [0.2, 0.25) is 0 Å². The predicted octanol–water partition coefficient (Wildman–Crippen LogP) is 3.92. The summed E-state index contributed by atoms with van der Waals surface area (Å²) in [7, 11) is -4.05. The maximum atomic E-state index is 13.2. The van der Waals surface area contributed by atoms with Crippen LogP contribution in [-0.2, 0) is 10.0 Å². The van der Waals surface area contributed by atoms with Crippen LogP contribution in [-0.4, -0.2) is 24.4 Å². The standard InChI is InChI=1S/C21H18BrN3O4S/c1-13-6-9-15(10-7-13)30(28,29)24-25-20(17-12-14(22)8-11-19(17)26)23-18-5-3-2-4-16(18)21(25)27/h2-12,20,23-24,26H,1H3/t20-/m1/s1. The Labute approximate surface area is 182 Å². The molecule has 0 aromatic heterocycles. The number of sulfonamides is 1. The molecule has 0 saturated carbocycles. The number of aromatic hydroxyl groups is 1. The highest BCUT2D eigenvalue weighted by molar-refractivity contribution is 9.10. The van der Waals surface area contributed by atoms with Gasteiger partial charge in [-0.3, -0.25) is 4.79 Å². The van der Waals surface area contributed by atoms with Gasteiger partial charge in [-0.15, -0.1) is 4.83 Å². The molecule has 30 heavy (non-hydrogen) atoms. The van der Waals surface area contributed by atoms with Crippen LogP contribution in [0.3, 0.4) is 0 Å². The summed E-state index contributed by atoms with van der Waals surface area (Å²) in [6.45, 7) is 1.85. The van der Waals surface area contributed by atoms with E-state index in [0.717, 1.165) is 10.6 Å². The zero-order valence-electron chi connectivity index (χ0n) is 15.8. The predicted molar refractivity (Wildman–Crippen MR) is 116 cm³/mol. The number of hydrazine groups is 1. The fraction of sp³-hybridized carbons (Fsp3) is 0.0952. The molecule has 3 aromatic carbocycles. The van der Waals surface area contributed by atoms with Gasteiger partial charge in [-0.05, 0) is 49.4 Å². The zero-order chi connectivity index (χ0) is 21.5. The van der Waals surface area contributed by atoms with Gasteiger partial charge in [-0.2, -0.15) is 0 Å². The summed E-state index contributed by atoms with van der Waals surface area (Å²) in [5.41, 5.74) is 2.10. The van der Waals surface area contributed by atoms with Crippen molar-refractivity contribution in [1.29, 1.82) is 0 Å². The number of hydrogen-bond acceptors (Lipinski definition) is 5. The summed E-state index contributed by atoms with van der Waals surface area (Å²) < 4.78 is 26.7. The number of phenols is 1. The lowest BCUT2D eigenvalue weighted by Gasteiger charge is -2.37. The number of benzene rings is 3. The number of anilines is 1. The monoisotopic (exact) mass is 487 g/mol. The largest absolute Gasteiger partial charge is 0.508 e. The van der Waals surface area contributed by atoms with Crippen LogP contribution in [0, 0.1) is 6.92 Å². The van der Waals surface area contributed by atoms with Crippen LogP contribution in [0.15, 0.2) is 76.1 Å². The average molecular weight is 488 g/mol. The summed E-state index contributed by atoms with van der Waals surface area (Å²) in [6, 6.07) is 17.8. The van der Waals surface area contributed by atoms with E-state index in [1.165, 1.54) is 18.2 Å². The molecular formula is C21H18BrN3O4S. The molecule has 1 aliphatic rings. The summed E-state index contributed by atoms with van der Waals surface area (Å²) in [5.74, 6) is -0.619.